The first kappa shape index (κ1) is 108. The van der Waals surface area contributed by atoms with Crippen molar-refractivity contribution < 1.29 is 0 Å². The zero-order chi connectivity index (χ0) is 57.3. The Kier molecular flexibility index (Phi) is 141. The zero-order valence-electron chi connectivity index (χ0n) is 32.7. The molecule has 0 spiro atoms. The molecule has 0 heterocycles. The quantitative estimate of drug-likeness (QED) is 0.0266. The van der Waals surface area contributed by atoms with Gasteiger partial charge >= 0.3 is 0 Å². The van der Waals surface area contributed by atoms with Crippen molar-refractivity contribution in [2.24, 2.45) is 0 Å². The van der Waals surface area contributed by atoms with Crippen LogP contribution in [0.2, 0.25) is 0 Å². The first-order valence-electron chi connectivity index (χ1n) is 13.2. The minimum Gasteiger partial charge on any atom is -0.282 e. The molecule has 0 nitrogen and oxygen atoms in total. The summed E-state index contributed by atoms with van der Waals surface area (Å²) in [6.07, 6.45) is 0. The molecule has 0 saturated heterocycles. The predicted molar refractivity (Wildman–Crippen MR) is 608 cm³/mol. The molecule has 482 valence electrons. The minimum atomic E-state index is -0.387. The molecule has 0 rings (SSSR count). The summed E-state index contributed by atoms with van der Waals surface area (Å²) >= 11 is 14.1. The van der Waals surface area contributed by atoms with Crippen LogP contribution in [0.5, 0.6) is 0 Å². The van der Waals surface area contributed by atoms with E-state index in [4.69, 9.17) is 22.4 Å². The van der Waals surface area contributed by atoms with Gasteiger partial charge in [0.2, 0.25) is 0 Å². The second kappa shape index (κ2) is 105. The van der Waals surface area contributed by atoms with Gasteiger partial charge in [0.05, 0.1) is 0 Å². The van der Waals surface area contributed by atoms with Crippen LogP contribution in [0.3, 0.4) is 0 Å². The average molecular weight is 2570 g/mol. The highest BCUT2D eigenvalue weighted by Gasteiger charge is 2.07. The average Bonchev–Trinajstić information content (AvgIpc) is 3.46. The summed E-state index contributed by atoms with van der Waals surface area (Å²) in [5.74, 6) is 0. The van der Waals surface area contributed by atoms with Crippen LogP contribution in [0.4, 0.5) is 0 Å². The molecule has 0 aliphatic heterocycles. The molecule has 0 bridgehead atoms. The van der Waals surface area contributed by atoms with Gasteiger partial charge in [-0.15, -0.1) is 0 Å². The third-order valence-corrected chi connectivity index (χ3v) is 173. The summed E-state index contributed by atoms with van der Waals surface area (Å²) in [6.45, 7) is 0. The maximum absolute atomic E-state index is 4.98. The first-order chi connectivity index (χ1) is 39.8. The molecule has 0 N–H and O–H groups in total. The van der Waals surface area contributed by atoms with Gasteiger partial charge in [0.15, 0.2) is 0 Å². The maximum Gasteiger partial charge on any atom is 0 e. The summed E-state index contributed by atoms with van der Waals surface area (Å²) in [4.78, 5) is 0. The van der Waals surface area contributed by atoms with Crippen LogP contribution in [0.15, 0.2) is 0 Å². The van der Waals surface area contributed by atoms with Crippen molar-refractivity contribution >= 4 is 788 Å². The largest absolute Gasteiger partial charge is 0.282 e. The standard InChI is InChI=1S/HS80/c1-4-5-6-7-8-9-10-11-12-13-14-15-16-17-18-19-20-21-22-23-24-25-26-27-28-29-30-31-32-33-34-35-36-37-38-39-40-41-42-43-44-45-46-47-48-49-50-51-52-53-54-55-56-57-58-59-60-61-62-63-64-65-66-67-68-69-70-71-72-73-74-75-76-77-78-79-80(2)3/h1H/q-1. The predicted octanol–water partition coefficient (Wildman–Crippen LogP) is 49.6. The van der Waals surface area contributed by atoms with Gasteiger partial charge in [-0.25, -0.2) is 22.4 Å². The SMILES string of the molecule is S=[S-](=S)SSSSSSSSSSSSSSSSSSSSSSSSSSSSSSSSSSSSSSSSSSSSSSSSSSSSSSSSSSSSSSSSSSSSSSSSSSSSS. The van der Waals surface area contributed by atoms with E-state index in [0.717, 1.165) is 0 Å². The fraction of sp³-hybridized carbons (Fsp3) is 0. The topological polar surface area (TPSA) is 0 Å². The van der Waals surface area contributed by atoms with Gasteiger partial charge in [0.25, 0.3) is 0 Å². The normalized spacial score (nSPS) is 11.8. The molecule has 0 amide bonds. The molecule has 0 aliphatic carbocycles. The van der Waals surface area contributed by atoms with E-state index >= 15 is 0 Å². The Morgan fingerprint density at radius 1 is 0.125 bits per heavy atom. The third-order valence-electron chi connectivity index (χ3n) is 2.14. The van der Waals surface area contributed by atoms with Crippen molar-refractivity contribution in [1.82, 2.24) is 0 Å². The van der Waals surface area contributed by atoms with Gasteiger partial charge in [-0.1, -0.05) is 11.7 Å². The number of thiol groups is 1. The second-order valence-electron chi connectivity index (χ2n) is 5.38. The molecule has 0 saturated carbocycles. The van der Waals surface area contributed by atoms with Gasteiger partial charge in [-0.3, -0.25) is 7.05 Å². The van der Waals surface area contributed by atoms with Gasteiger partial charge in [-0.2, -0.15) is 9.83 Å². The minimum absolute atomic E-state index is 0.387. The Hall–Kier alpha value is 27.7. The smallest absolute Gasteiger partial charge is 0 e. The fourth-order valence-corrected chi connectivity index (χ4v) is 210. The van der Waals surface area contributed by atoms with Crippen LogP contribution in [0.1, 0.15) is 0 Å². The summed E-state index contributed by atoms with van der Waals surface area (Å²) < 4.78 is 0. The summed E-state index contributed by atoms with van der Waals surface area (Å²) in [5.41, 5.74) is 0. The Morgan fingerprint density at radius 2 is 0.200 bits per heavy atom. The van der Waals surface area contributed by atoms with Crippen LogP contribution >= 0.6 is 758 Å². The number of hydrogen-bond acceptors (Lipinski definition) is 80. The molecule has 0 aromatic rings. The lowest BCUT2D eigenvalue weighted by Gasteiger charge is -2.01. The van der Waals surface area contributed by atoms with Crippen LogP contribution in [-0.2, 0) is 29.4 Å². The van der Waals surface area contributed by atoms with Crippen LogP contribution in [0.25, 0.3) is 0 Å². The van der Waals surface area contributed by atoms with Gasteiger partial charge in [-0.05, 0) is 157 Å². The van der Waals surface area contributed by atoms with Gasteiger partial charge < -0.3 is 0 Å². The Bertz CT molecular complexity index is 1090. The second-order valence-corrected chi connectivity index (χ2v) is 145. The summed E-state index contributed by atoms with van der Waals surface area (Å²) in [7, 11) is 137. The molecule has 0 atom stereocenters. The van der Waals surface area contributed by atoms with Crippen molar-refractivity contribution in [2.75, 3.05) is 0 Å². The van der Waals surface area contributed by atoms with Crippen LogP contribution in [0, 0.1) is 0 Å². The number of hydrogen-bond donors (Lipinski definition) is 1. The van der Waals surface area contributed by atoms with E-state index in [1.54, 1.807) is 128 Å². The van der Waals surface area contributed by atoms with E-state index in [0.29, 0.717) is 0 Å². The third kappa shape index (κ3) is 106. The molecular formula is HS80-. The van der Waals surface area contributed by atoms with E-state index < -0.39 is 0 Å². The monoisotopic (exact) mass is 2560 g/mol. The van der Waals surface area contributed by atoms with E-state index in [2.05, 4.69) is 11.7 Å². The lowest BCUT2D eigenvalue weighted by atomic mass is 30.1. The molecule has 0 fully saturated rings. The fourth-order valence-electron chi connectivity index (χ4n) is 0.863. The molecule has 0 aromatic heterocycles. The molecule has 0 aliphatic rings. The van der Waals surface area contributed by atoms with Crippen molar-refractivity contribution in [3.05, 3.63) is 0 Å². The number of rotatable bonds is 76. The van der Waals surface area contributed by atoms with Crippen molar-refractivity contribution in [3.8, 4) is 0 Å². The van der Waals surface area contributed by atoms with Crippen LogP contribution < -0.4 is 0 Å². The molecule has 80 heavy (non-hydrogen) atoms. The lowest BCUT2D eigenvalue weighted by Crippen LogP contribution is -1.44. The lowest BCUT2D eigenvalue weighted by molar-refractivity contribution is 5.59. The molecule has 0 aromatic carbocycles. The molecule has 0 unspecified atom stereocenters. The van der Waals surface area contributed by atoms with E-state index in [1.165, 1.54) is 9.83 Å². The van der Waals surface area contributed by atoms with Crippen molar-refractivity contribution in [3.63, 3.8) is 0 Å². The Balaban J connectivity index is 3.08. The Labute approximate surface area is 765 Å². The highest BCUT2D eigenvalue weighted by atomic mass is 34.1. The summed E-state index contributed by atoms with van der Waals surface area (Å²) in [6, 6.07) is 0. The molecular weight excluding hydrogens is 2570 g/mol. The van der Waals surface area contributed by atoms with Crippen molar-refractivity contribution in [2.45, 2.75) is 0 Å². The van der Waals surface area contributed by atoms with Crippen LogP contribution in [-0.4, -0.2) is 0 Å². The first-order valence-corrected chi connectivity index (χ1v) is 119. The highest BCUT2D eigenvalue weighted by molar-refractivity contribution is 9.66. The van der Waals surface area contributed by atoms with Crippen molar-refractivity contribution in [1.29, 1.82) is 0 Å². The summed E-state index contributed by atoms with van der Waals surface area (Å²) in [5, 5.41) is 0. The molecule has 0 radical (unpaired) electrons. The van der Waals surface area contributed by atoms with E-state index in [1.807, 2.05) is 609 Å². The maximum atomic E-state index is 4.98. The highest BCUT2D eigenvalue weighted by Crippen LogP contribution is 2.72. The molecule has 80 heteroatoms. The van der Waals surface area contributed by atoms with Gasteiger partial charge in [0.1, 0.15) is 0 Å². The van der Waals surface area contributed by atoms with E-state index in [-0.39, 0.29) is 7.05 Å². The van der Waals surface area contributed by atoms with E-state index in [9.17, 15) is 0 Å². The zero-order valence-corrected chi connectivity index (χ0v) is 98.1. The van der Waals surface area contributed by atoms with Gasteiger partial charge in [0, 0.05) is 580 Å². The Morgan fingerprint density at radius 3 is 0.275 bits per heavy atom.